The van der Waals surface area contributed by atoms with Crippen LogP contribution in [0, 0.1) is 0 Å². The van der Waals surface area contributed by atoms with Crippen LogP contribution in [-0.2, 0) is 4.74 Å². The van der Waals surface area contributed by atoms with Crippen molar-refractivity contribution in [2.75, 3.05) is 12.4 Å². The van der Waals surface area contributed by atoms with E-state index in [2.05, 4.69) is 25.5 Å². The second-order valence-electron chi connectivity index (χ2n) is 3.08. The molecule has 0 saturated carbocycles. The molecule has 0 radical (unpaired) electrons. The summed E-state index contributed by atoms with van der Waals surface area (Å²) in [7, 11) is 1.64. The maximum absolute atomic E-state index is 5.16. The highest BCUT2D eigenvalue weighted by Gasteiger charge is 2.10. The molecule has 1 atom stereocenters. The predicted octanol–water partition coefficient (Wildman–Crippen LogP) is 1.78. The van der Waals surface area contributed by atoms with Gasteiger partial charge in [-0.2, -0.15) is 0 Å². The third-order valence-electron chi connectivity index (χ3n) is 1.95. The summed E-state index contributed by atoms with van der Waals surface area (Å²) in [6.07, 6.45) is 4.78. The van der Waals surface area contributed by atoms with Crippen molar-refractivity contribution < 1.29 is 4.74 Å². The zero-order valence-corrected chi connectivity index (χ0v) is 9.73. The van der Waals surface area contributed by atoms with Gasteiger partial charge in [-0.25, -0.2) is 9.97 Å². The van der Waals surface area contributed by atoms with Gasteiger partial charge in [0.1, 0.15) is 17.4 Å². The van der Waals surface area contributed by atoms with Crippen LogP contribution in [0.15, 0.2) is 18.7 Å². The number of rotatable bonds is 4. The lowest BCUT2D eigenvalue weighted by Gasteiger charge is -2.02. The van der Waals surface area contributed by atoms with Gasteiger partial charge < -0.3 is 10.1 Å². The van der Waals surface area contributed by atoms with Crippen molar-refractivity contribution in [2.45, 2.75) is 13.0 Å². The summed E-state index contributed by atoms with van der Waals surface area (Å²) in [4.78, 5) is 7.79. The van der Waals surface area contributed by atoms with Crippen molar-refractivity contribution >= 4 is 22.2 Å². The molecule has 0 saturated heterocycles. The summed E-state index contributed by atoms with van der Waals surface area (Å²) in [5.41, 5.74) is 0.787. The number of nitrogens with one attached hydrogen (secondary N) is 1. The SMILES string of the molecule is COC(C)c1nnc(Nc2cncnc2)s1. The molecule has 2 heterocycles. The van der Waals surface area contributed by atoms with Gasteiger partial charge in [0.05, 0.1) is 18.1 Å². The van der Waals surface area contributed by atoms with Gasteiger partial charge in [0.25, 0.3) is 0 Å². The standard InChI is InChI=1S/C9H11N5OS/c1-6(15-2)8-13-14-9(16-8)12-7-3-10-5-11-4-7/h3-6H,1-2H3,(H,12,14). The molecule has 84 valence electrons. The van der Waals surface area contributed by atoms with Crippen LogP contribution in [0.3, 0.4) is 0 Å². The Morgan fingerprint density at radius 3 is 2.75 bits per heavy atom. The minimum absolute atomic E-state index is 0.0416. The van der Waals surface area contributed by atoms with Crippen LogP contribution in [0.4, 0.5) is 10.8 Å². The Bertz CT molecular complexity index is 446. The molecular weight excluding hydrogens is 226 g/mol. The first-order valence-corrected chi connectivity index (χ1v) is 5.49. The molecular formula is C9H11N5OS. The van der Waals surface area contributed by atoms with E-state index in [1.165, 1.54) is 17.7 Å². The van der Waals surface area contributed by atoms with E-state index in [-0.39, 0.29) is 6.10 Å². The van der Waals surface area contributed by atoms with Crippen molar-refractivity contribution in [1.82, 2.24) is 20.2 Å². The van der Waals surface area contributed by atoms with Gasteiger partial charge in [-0.05, 0) is 6.92 Å². The number of hydrogen-bond donors (Lipinski definition) is 1. The number of methoxy groups -OCH3 is 1. The number of anilines is 2. The second-order valence-corrected chi connectivity index (χ2v) is 4.08. The first kappa shape index (κ1) is 10.9. The molecule has 0 aliphatic carbocycles. The summed E-state index contributed by atoms with van der Waals surface area (Å²) in [5.74, 6) is 0. The van der Waals surface area contributed by atoms with E-state index < -0.39 is 0 Å². The number of hydrogen-bond acceptors (Lipinski definition) is 7. The van der Waals surface area contributed by atoms with Crippen LogP contribution in [-0.4, -0.2) is 27.3 Å². The average Bonchev–Trinajstić information content (AvgIpc) is 2.78. The highest BCUT2D eigenvalue weighted by Crippen LogP contribution is 2.25. The van der Waals surface area contributed by atoms with E-state index in [0.29, 0.717) is 5.13 Å². The van der Waals surface area contributed by atoms with Gasteiger partial charge in [-0.3, -0.25) is 0 Å². The minimum atomic E-state index is -0.0416. The van der Waals surface area contributed by atoms with Gasteiger partial charge in [0.2, 0.25) is 5.13 Å². The normalized spacial score (nSPS) is 12.4. The van der Waals surface area contributed by atoms with E-state index in [9.17, 15) is 0 Å². The molecule has 0 spiro atoms. The molecule has 6 nitrogen and oxygen atoms in total. The van der Waals surface area contributed by atoms with E-state index in [4.69, 9.17) is 4.74 Å². The van der Waals surface area contributed by atoms with E-state index in [0.717, 1.165) is 10.7 Å². The minimum Gasteiger partial charge on any atom is -0.374 e. The Labute approximate surface area is 96.7 Å². The highest BCUT2D eigenvalue weighted by molar-refractivity contribution is 7.15. The van der Waals surface area contributed by atoms with Crippen LogP contribution in [0.25, 0.3) is 0 Å². The van der Waals surface area contributed by atoms with E-state index in [1.807, 2.05) is 6.92 Å². The van der Waals surface area contributed by atoms with Crippen LogP contribution in [0.5, 0.6) is 0 Å². The Hall–Kier alpha value is -1.60. The summed E-state index contributed by atoms with van der Waals surface area (Å²) < 4.78 is 5.16. The molecule has 0 aliphatic rings. The molecule has 0 bridgehead atoms. The molecule has 0 aromatic carbocycles. The quantitative estimate of drug-likeness (QED) is 0.873. The first-order valence-electron chi connectivity index (χ1n) is 4.68. The fourth-order valence-corrected chi connectivity index (χ4v) is 1.83. The lowest BCUT2D eigenvalue weighted by molar-refractivity contribution is 0.118. The molecule has 2 aromatic rings. The summed E-state index contributed by atoms with van der Waals surface area (Å²) >= 11 is 1.45. The number of nitrogens with zero attached hydrogens (tertiary/aromatic N) is 4. The molecule has 1 unspecified atom stereocenters. The number of aromatic nitrogens is 4. The lowest BCUT2D eigenvalue weighted by atomic mass is 10.4. The third-order valence-corrected chi connectivity index (χ3v) is 2.95. The molecule has 16 heavy (non-hydrogen) atoms. The van der Waals surface area contributed by atoms with Crippen LogP contribution in [0.2, 0.25) is 0 Å². The van der Waals surface area contributed by atoms with Gasteiger partial charge in [-0.1, -0.05) is 11.3 Å². The Balaban J connectivity index is 2.09. The topological polar surface area (TPSA) is 72.8 Å². The zero-order valence-electron chi connectivity index (χ0n) is 8.91. The summed E-state index contributed by atoms with van der Waals surface area (Å²) in [6, 6.07) is 0. The Morgan fingerprint density at radius 2 is 2.06 bits per heavy atom. The van der Waals surface area contributed by atoms with Crippen LogP contribution in [0.1, 0.15) is 18.0 Å². The van der Waals surface area contributed by atoms with Crippen molar-refractivity contribution in [2.24, 2.45) is 0 Å². The van der Waals surface area contributed by atoms with Gasteiger partial charge in [0.15, 0.2) is 0 Å². The van der Waals surface area contributed by atoms with E-state index >= 15 is 0 Å². The van der Waals surface area contributed by atoms with Crippen LogP contribution < -0.4 is 5.32 Å². The molecule has 1 N–H and O–H groups in total. The Kier molecular flexibility index (Phi) is 3.37. The van der Waals surface area contributed by atoms with Gasteiger partial charge in [-0.15, -0.1) is 10.2 Å². The van der Waals surface area contributed by atoms with Crippen molar-refractivity contribution in [3.05, 3.63) is 23.7 Å². The monoisotopic (exact) mass is 237 g/mol. The van der Waals surface area contributed by atoms with Gasteiger partial charge in [0, 0.05) is 7.11 Å². The zero-order chi connectivity index (χ0) is 11.4. The lowest BCUT2D eigenvalue weighted by Crippen LogP contribution is -1.93. The van der Waals surface area contributed by atoms with Crippen LogP contribution >= 0.6 is 11.3 Å². The maximum atomic E-state index is 5.16. The number of ether oxygens (including phenoxy) is 1. The fourth-order valence-electron chi connectivity index (χ4n) is 1.04. The summed E-state index contributed by atoms with van der Waals surface area (Å²) in [6.45, 7) is 1.93. The van der Waals surface area contributed by atoms with Crippen molar-refractivity contribution in [3.63, 3.8) is 0 Å². The second kappa shape index (κ2) is 4.95. The maximum Gasteiger partial charge on any atom is 0.210 e. The fraction of sp³-hybridized carbons (Fsp3) is 0.333. The molecule has 7 heteroatoms. The molecule has 2 aromatic heterocycles. The highest BCUT2D eigenvalue weighted by atomic mass is 32.1. The molecule has 0 amide bonds. The largest absolute Gasteiger partial charge is 0.374 e. The van der Waals surface area contributed by atoms with Crippen molar-refractivity contribution in [3.8, 4) is 0 Å². The Morgan fingerprint density at radius 1 is 1.31 bits per heavy atom. The average molecular weight is 237 g/mol. The molecule has 0 fully saturated rings. The predicted molar refractivity (Wildman–Crippen MR) is 60.6 cm³/mol. The first-order chi connectivity index (χ1) is 7.79. The van der Waals surface area contributed by atoms with Crippen molar-refractivity contribution in [1.29, 1.82) is 0 Å². The third kappa shape index (κ3) is 2.50. The molecule has 0 aliphatic heterocycles. The summed E-state index contributed by atoms with van der Waals surface area (Å²) in [5, 5.41) is 12.6. The smallest absolute Gasteiger partial charge is 0.210 e. The van der Waals surface area contributed by atoms with E-state index in [1.54, 1.807) is 19.5 Å². The van der Waals surface area contributed by atoms with Gasteiger partial charge >= 0.3 is 0 Å². The molecule has 2 rings (SSSR count).